The molecule has 178 valence electrons. The van der Waals surface area contributed by atoms with E-state index in [4.69, 9.17) is 16.3 Å². The van der Waals surface area contributed by atoms with E-state index in [1.807, 2.05) is 80.6 Å². The minimum absolute atomic E-state index is 0.183. The van der Waals surface area contributed by atoms with Gasteiger partial charge in [0, 0.05) is 24.5 Å². The molecule has 0 aliphatic heterocycles. The lowest BCUT2D eigenvalue weighted by Crippen LogP contribution is -2.52. The Hall–Kier alpha value is -3.31. The van der Waals surface area contributed by atoms with Crippen LogP contribution in [0.25, 0.3) is 0 Å². The molecular formula is C28H31ClN2O3. The molecule has 3 rings (SSSR count). The fourth-order valence-corrected chi connectivity index (χ4v) is 3.73. The number of carbonyl (C=O) groups excluding carboxylic acids is 2. The van der Waals surface area contributed by atoms with Gasteiger partial charge in [-0.3, -0.25) is 9.59 Å². The van der Waals surface area contributed by atoms with Gasteiger partial charge in [0.25, 0.3) is 5.91 Å². The Morgan fingerprint density at radius 3 is 2.18 bits per heavy atom. The van der Waals surface area contributed by atoms with Crippen LogP contribution in [0.2, 0.25) is 5.02 Å². The number of ether oxygens (including phenoxy) is 1. The average molecular weight is 479 g/mol. The van der Waals surface area contributed by atoms with Crippen molar-refractivity contribution in [2.45, 2.75) is 32.9 Å². The smallest absolute Gasteiger partial charge is 0.261 e. The van der Waals surface area contributed by atoms with E-state index in [0.29, 0.717) is 23.7 Å². The molecule has 3 aromatic carbocycles. The molecule has 2 amide bonds. The van der Waals surface area contributed by atoms with Crippen molar-refractivity contribution in [2.24, 2.45) is 5.92 Å². The zero-order chi connectivity index (χ0) is 24.3. The van der Waals surface area contributed by atoms with E-state index >= 15 is 0 Å². The van der Waals surface area contributed by atoms with Crippen molar-refractivity contribution >= 4 is 23.4 Å². The van der Waals surface area contributed by atoms with E-state index in [9.17, 15) is 9.59 Å². The SMILES string of the molecule is CC(C)CNC(=O)C(Cc1ccccc1)N(Cc1ccccc1Cl)C(=O)COc1ccccc1. The van der Waals surface area contributed by atoms with Crippen molar-refractivity contribution in [1.29, 1.82) is 0 Å². The molecule has 0 aliphatic rings. The zero-order valence-electron chi connectivity index (χ0n) is 19.6. The van der Waals surface area contributed by atoms with E-state index in [-0.39, 0.29) is 30.9 Å². The van der Waals surface area contributed by atoms with Crippen molar-refractivity contribution in [3.8, 4) is 5.75 Å². The molecular weight excluding hydrogens is 448 g/mol. The van der Waals surface area contributed by atoms with E-state index in [1.54, 1.807) is 23.1 Å². The van der Waals surface area contributed by atoms with Crippen molar-refractivity contribution < 1.29 is 14.3 Å². The third-order valence-corrected chi connectivity index (χ3v) is 5.73. The predicted octanol–water partition coefficient (Wildman–Crippen LogP) is 5.13. The zero-order valence-corrected chi connectivity index (χ0v) is 20.4. The van der Waals surface area contributed by atoms with E-state index in [2.05, 4.69) is 5.32 Å². The first kappa shape index (κ1) is 25.3. The molecule has 0 radical (unpaired) electrons. The molecule has 1 unspecified atom stereocenters. The highest BCUT2D eigenvalue weighted by Crippen LogP contribution is 2.21. The first-order chi connectivity index (χ1) is 16.4. The van der Waals surface area contributed by atoms with Crippen LogP contribution in [0.15, 0.2) is 84.9 Å². The van der Waals surface area contributed by atoms with E-state index in [0.717, 1.165) is 11.1 Å². The third-order valence-electron chi connectivity index (χ3n) is 5.36. The van der Waals surface area contributed by atoms with Crippen LogP contribution < -0.4 is 10.1 Å². The molecule has 0 heterocycles. The minimum Gasteiger partial charge on any atom is -0.484 e. The van der Waals surface area contributed by atoms with Crippen LogP contribution in [0.3, 0.4) is 0 Å². The molecule has 0 spiro atoms. The molecule has 34 heavy (non-hydrogen) atoms. The highest BCUT2D eigenvalue weighted by Gasteiger charge is 2.31. The first-order valence-corrected chi connectivity index (χ1v) is 11.8. The van der Waals surface area contributed by atoms with Gasteiger partial charge in [-0.25, -0.2) is 0 Å². The highest BCUT2D eigenvalue weighted by atomic mass is 35.5. The van der Waals surface area contributed by atoms with Crippen LogP contribution in [-0.4, -0.2) is 35.9 Å². The second-order valence-electron chi connectivity index (χ2n) is 8.56. The minimum atomic E-state index is -0.718. The molecule has 0 saturated carbocycles. The maximum atomic E-state index is 13.5. The van der Waals surface area contributed by atoms with Crippen molar-refractivity contribution in [2.75, 3.05) is 13.2 Å². The number of hydrogen-bond acceptors (Lipinski definition) is 3. The van der Waals surface area contributed by atoms with E-state index < -0.39 is 6.04 Å². The lowest BCUT2D eigenvalue weighted by atomic mass is 10.0. The first-order valence-electron chi connectivity index (χ1n) is 11.5. The number of nitrogens with one attached hydrogen (secondary N) is 1. The summed E-state index contributed by atoms with van der Waals surface area (Å²) < 4.78 is 5.74. The number of carbonyl (C=O) groups is 2. The lowest BCUT2D eigenvalue weighted by molar-refractivity contribution is -0.142. The monoisotopic (exact) mass is 478 g/mol. The number of hydrogen-bond donors (Lipinski definition) is 1. The quantitative estimate of drug-likeness (QED) is 0.415. The van der Waals surface area contributed by atoms with Gasteiger partial charge in [0.1, 0.15) is 11.8 Å². The Balaban J connectivity index is 1.90. The molecule has 1 atom stereocenters. The summed E-state index contributed by atoms with van der Waals surface area (Å²) in [5.41, 5.74) is 1.74. The second kappa shape index (κ2) is 12.8. The van der Waals surface area contributed by atoms with Crippen LogP contribution in [0.1, 0.15) is 25.0 Å². The Labute approximate surface area is 206 Å². The molecule has 6 heteroatoms. The van der Waals surface area contributed by atoms with Crippen LogP contribution in [0.4, 0.5) is 0 Å². The number of halogens is 1. The van der Waals surface area contributed by atoms with Crippen LogP contribution in [0, 0.1) is 5.92 Å². The third kappa shape index (κ3) is 7.63. The normalized spacial score (nSPS) is 11.6. The largest absolute Gasteiger partial charge is 0.484 e. The van der Waals surface area contributed by atoms with Gasteiger partial charge >= 0.3 is 0 Å². The number of para-hydroxylation sites is 1. The van der Waals surface area contributed by atoms with Gasteiger partial charge in [-0.15, -0.1) is 0 Å². The number of benzene rings is 3. The molecule has 0 aliphatic carbocycles. The van der Waals surface area contributed by atoms with Crippen molar-refractivity contribution in [3.63, 3.8) is 0 Å². The molecule has 3 aromatic rings. The van der Waals surface area contributed by atoms with Crippen molar-refractivity contribution in [1.82, 2.24) is 10.2 Å². The van der Waals surface area contributed by atoms with Gasteiger partial charge in [0.05, 0.1) is 0 Å². The van der Waals surface area contributed by atoms with Crippen LogP contribution >= 0.6 is 11.6 Å². The van der Waals surface area contributed by atoms with E-state index in [1.165, 1.54) is 0 Å². The Morgan fingerprint density at radius 2 is 1.53 bits per heavy atom. The molecule has 0 aromatic heterocycles. The number of rotatable bonds is 11. The fourth-order valence-electron chi connectivity index (χ4n) is 3.53. The summed E-state index contributed by atoms with van der Waals surface area (Å²) in [6.07, 6.45) is 0.381. The van der Waals surface area contributed by atoms with Crippen LogP contribution in [0.5, 0.6) is 5.75 Å². The Morgan fingerprint density at radius 1 is 0.912 bits per heavy atom. The summed E-state index contributed by atoms with van der Waals surface area (Å²) in [6.45, 7) is 4.61. The standard InChI is InChI=1S/C28H31ClN2O3/c1-21(2)18-30-28(33)26(17-22-11-5-3-6-12-22)31(19-23-13-9-10-16-25(23)29)27(32)20-34-24-14-7-4-8-15-24/h3-16,21,26H,17-20H2,1-2H3,(H,30,33). The van der Waals surface area contributed by atoms with Crippen molar-refractivity contribution in [3.05, 3.63) is 101 Å². The highest BCUT2D eigenvalue weighted by molar-refractivity contribution is 6.31. The predicted molar refractivity (Wildman–Crippen MR) is 136 cm³/mol. The Kier molecular flexibility index (Phi) is 9.53. The number of amides is 2. The summed E-state index contributed by atoms with van der Waals surface area (Å²) in [5, 5.41) is 3.55. The topological polar surface area (TPSA) is 58.6 Å². The average Bonchev–Trinajstić information content (AvgIpc) is 2.85. The molecule has 1 N–H and O–H groups in total. The van der Waals surface area contributed by atoms with Gasteiger partial charge in [-0.1, -0.05) is 92.2 Å². The van der Waals surface area contributed by atoms with Gasteiger partial charge < -0.3 is 15.0 Å². The molecule has 0 fully saturated rings. The van der Waals surface area contributed by atoms with Crippen LogP contribution in [-0.2, 0) is 22.6 Å². The van der Waals surface area contributed by atoms with Gasteiger partial charge in [0.2, 0.25) is 5.91 Å². The molecule has 0 bridgehead atoms. The van der Waals surface area contributed by atoms with Gasteiger partial charge in [0.15, 0.2) is 6.61 Å². The summed E-state index contributed by atoms with van der Waals surface area (Å²) in [5.74, 6) is 0.398. The summed E-state index contributed by atoms with van der Waals surface area (Å²) in [6, 6.07) is 25.5. The number of nitrogens with zero attached hydrogens (tertiary/aromatic N) is 1. The maximum absolute atomic E-state index is 13.5. The second-order valence-corrected chi connectivity index (χ2v) is 8.97. The van der Waals surface area contributed by atoms with Gasteiger partial charge in [-0.05, 0) is 35.2 Å². The van der Waals surface area contributed by atoms with Gasteiger partial charge in [-0.2, -0.15) is 0 Å². The fraction of sp³-hybridized carbons (Fsp3) is 0.286. The lowest BCUT2D eigenvalue weighted by Gasteiger charge is -2.32. The summed E-state index contributed by atoms with van der Waals surface area (Å²) in [4.78, 5) is 28.4. The summed E-state index contributed by atoms with van der Waals surface area (Å²) in [7, 11) is 0. The maximum Gasteiger partial charge on any atom is 0.261 e. The molecule has 0 saturated heterocycles. The summed E-state index contributed by atoms with van der Waals surface area (Å²) >= 11 is 6.42. The molecule has 5 nitrogen and oxygen atoms in total. The Bertz CT molecular complexity index is 1060.